The van der Waals surface area contributed by atoms with Crippen LogP contribution in [-0.4, -0.2) is 32.2 Å². The zero-order chi connectivity index (χ0) is 14.1. The molecular weight excluding hydrogens is 280 g/mol. The van der Waals surface area contributed by atoms with Gasteiger partial charge in [0.25, 0.3) is 5.91 Å². The maximum Gasteiger partial charge on any atom is 0.335 e. The van der Waals surface area contributed by atoms with Gasteiger partial charge in [0.05, 0.1) is 15.8 Å². The van der Waals surface area contributed by atoms with Gasteiger partial charge in [-0.05, 0) is 24.3 Å². The Hall–Kier alpha value is -2.74. The Morgan fingerprint density at radius 2 is 2.15 bits per heavy atom. The molecule has 0 unspecified atom stereocenters. The van der Waals surface area contributed by atoms with E-state index in [0.717, 1.165) is 0 Å². The van der Waals surface area contributed by atoms with Crippen LogP contribution in [0.2, 0.25) is 0 Å². The first-order valence-electron chi connectivity index (χ1n) is 5.58. The van der Waals surface area contributed by atoms with E-state index < -0.39 is 5.97 Å². The number of H-pyrrole nitrogens is 1. The number of benzene rings is 1. The molecule has 100 valence electrons. The van der Waals surface area contributed by atoms with E-state index in [0.29, 0.717) is 21.0 Å². The van der Waals surface area contributed by atoms with Gasteiger partial charge in [-0.15, -0.1) is 0 Å². The molecule has 0 radical (unpaired) electrons. The number of fused-ring (bicyclic) bond motifs is 1. The number of rotatable bonds is 3. The van der Waals surface area contributed by atoms with Crippen molar-refractivity contribution in [1.82, 2.24) is 15.2 Å². The standard InChI is InChI=1S/C12H8N4O3S/c17-10(8-3-4-13-16-8)15-12-14-7-2-1-6(11(18)19)5-9(7)20-12/h1-5H,(H,13,16)(H,18,19)(H,14,15,17). The summed E-state index contributed by atoms with van der Waals surface area (Å²) in [5.41, 5.74) is 1.16. The lowest BCUT2D eigenvalue weighted by Gasteiger charge is -1.96. The molecule has 2 heterocycles. The van der Waals surface area contributed by atoms with Crippen molar-refractivity contribution in [2.75, 3.05) is 5.32 Å². The van der Waals surface area contributed by atoms with Gasteiger partial charge < -0.3 is 5.11 Å². The number of thiazole rings is 1. The lowest BCUT2D eigenvalue weighted by Crippen LogP contribution is -2.11. The molecule has 20 heavy (non-hydrogen) atoms. The number of hydrogen-bond donors (Lipinski definition) is 3. The molecule has 8 heteroatoms. The molecule has 0 aliphatic rings. The normalized spacial score (nSPS) is 10.6. The zero-order valence-electron chi connectivity index (χ0n) is 9.95. The molecule has 3 aromatic rings. The van der Waals surface area contributed by atoms with E-state index in [1.165, 1.54) is 29.7 Å². The molecule has 3 N–H and O–H groups in total. The van der Waals surface area contributed by atoms with Crippen molar-refractivity contribution in [3.63, 3.8) is 0 Å². The highest BCUT2D eigenvalue weighted by atomic mass is 32.1. The number of carbonyl (C=O) groups excluding carboxylic acids is 1. The number of carbonyl (C=O) groups is 2. The van der Waals surface area contributed by atoms with E-state index >= 15 is 0 Å². The summed E-state index contributed by atoms with van der Waals surface area (Å²) in [6, 6.07) is 6.17. The van der Waals surface area contributed by atoms with Gasteiger partial charge in [0.15, 0.2) is 5.13 Å². The first-order chi connectivity index (χ1) is 9.63. The highest BCUT2D eigenvalue weighted by Crippen LogP contribution is 2.27. The van der Waals surface area contributed by atoms with Crippen molar-refractivity contribution in [3.05, 3.63) is 41.7 Å². The smallest absolute Gasteiger partial charge is 0.335 e. The molecule has 0 saturated carbocycles. The SMILES string of the molecule is O=C(O)c1ccc2nc(NC(=O)c3ccn[nH]3)sc2c1. The molecule has 0 spiro atoms. The maximum atomic E-state index is 11.8. The number of amides is 1. The molecule has 0 atom stereocenters. The summed E-state index contributed by atoms with van der Waals surface area (Å²) in [5.74, 6) is -1.34. The van der Waals surface area contributed by atoms with Gasteiger partial charge in [-0.25, -0.2) is 9.78 Å². The molecule has 2 aromatic heterocycles. The fourth-order valence-electron chi connectivity index (χ4n) is 1.66. The fraction of sp³-hybridized carbons (Fsp3) is 0. The molecule has 1 aromatic carbocycles. The third kappa shape index (κ3) is 2.24. The first kappa shape index (κ1) is 12.3. The summed E-state index contributed by atoms with van der Waals surface area (Å²) < 4.78 is 0.699. The minimum absolute atomic E-state index is 0.188. The molecule has 0 aliphatic carbocycles. The van der Waals surface area contributed by atoms with Crippen LogP contribution in [0, 0.1) is 0 Å². The van der Waals surface area contributed by atoms with Crippen molar-refractivity contribution >= 4 is 38.6 Å². The number of aromatic amines is 1. The van der Waals surface area contributed by atoms with Crippen LogP contribution in [0.15, 0.2) is 30.5 Å². The van der Waals surface area contributed by atoms with Crippen LogP contribution in [0.25, 0.3) is 10.2 Å². The van der Waals surface area contributed by atoms with E-state index in [2.05, 4.69) is 20.5 Å². The molecule has 0 bridgehead atoms. The lowest BCUT2D eigenvalue weighted by atomic mass is 10.2. The summed E-state index contributed by atoms with van der Waals surface area (Å²) in [6.07, 6.45) is 1.48. The highest BCUT2D eigenvalue weighted by Gasteiger charge is 2.12. The quantitative estimate of drug-likeness (QED) is 0.683. The van der Waals surface area contributed by atoms with E-state index in [-0.39, 0.29) is 11.5 Å². The number of carboxylic acid groups (broad SMARTS) is 1. The monoisotopic (exact) mass is 288 g/mol. The fourth-order valence-corrected chi connectivity index (χ4v) is 2.56. The van der Waals surface area contributed by atoms with Gasteiger partial charge in [-0.1, -0.05) is 11.3 Å². The van der Waals surface area contributed by atoms with Crippen LogP contribution in [0.3, 0.4) is 0 Å². The second kappa shape index (κ2) is 4.74. The van der Waals surface area contributed by atoms with Crippen molar-refractivity contribution in [2.45, 2.75) is 0 Å². The van der Waals surface area contributed by atoms with Gasteiger partial charge in [0.2, 0.25) is 0 Å². The van der Waals surface area contributed by atoms with Crippen LogP contribution in [0.1, 0.15) is 20.8 Å². The van der Waals surface area contributed by atoms with Crippen LogP contribution >= 0.6 is 11.3 Å². The van der Waals surface area contributed by atoms with Gasteiger partial charge in [-0.2, -0.15) is 5.10 Å². The minimum atomic E-state index is -0.997. The Labute approximate surface area is 116 Å². The number of aromatic carboxylic acids is 1. The number of hydrogen-bond acceptors (Lipinski definition) is 5. The highest BCUT2D eigenvalue weighted by molar-refractivity contribution is 7.22. The number of aromatic nitrogens is 3. The number of nitrogens with zero attached hydrogens (tertiary/aromatic N) is 2. The van der Waals surface area contributed by atoms with E-state index in [1.54, 1.807) is 12.1 Å². The van der Waals surface area contributed by atoms with Crippen molar-refractivity contribution in [1.29, 1.82) is 0 Å². The van der Waals surface area contributed by atoms with Gasteiger partial charge in [0, 0.05) is 6.20 Å². The lowest BCUT2D eigenvalue weighted by molar-refractivity contribution is 0.0697. The van der Waals surface area contributed by atoms with Crippen LogP contribution < -0.4 is 5.32 Å². The van der Waals surface area contributed by atoms with Gasteiger partial charge in [0.1, 0.15) is 5.69 Å². The predicted octanol–water partition coefficient (Wildman–Crippen LogP) is 1.97. The van der Waals surface area contributed by atoms with E-state index in [4.69, 9.17) is 5.11 Å². The van der Waals surface area contributed by atoms with Crippen molar-refractivity contribution in [3.8, 4) is 0 Å². The maximum absolute atomic E-state index is 11.8. The number of carboxylic acids is 1. The molecule has 0 aliphatic heterocycles. The second-order valence-electron chi connectivity index (χ2n) is 3.93. The Morgan fingerprint density at radius 1 is 1.30 bits per heavy atom. The molecule has 1 amide bonds. The minimum Gasteiger partial charge on any atom is -0.478 e. The Morgan fingerprint density at radius 3 is 2.85 bits per heavy atom. The van der Waals surface area contributed by atoms with Gasteiger partial charge >= 0.3 is 5.97 Å². The summed E-state index contributed by atoms with van der Waals surface area (Å²) in [5, 5.41) is 18.2. The van der Waals surface area contributed by atoms with Crippen LogP contribution in [0.5, 0.6) is 0 Å². The summed E-state index contributed by atoms with van der Waals surface area (Å²) in [7, 11) is 0. The largest absolute Gasteiger partial charge is 0.478 e. The summed E-state index contributed by atoms with van der Waals surface area (Å²) in [6.45, 7) is 0. The van der Waals surface area contributed by atoms with Crippen LogP contribution in [-0.2, 0) is 0 Å². The average Bonchev–Trinajstić information content (AvgIpc) is 3.06. The van der Waals surface area contributed by atoms with E-state index in [1.807, 2.05) is 0 Å². The van der Waals surface area contributed by atoms with Crippen molar-refractivity contribution < 1.29 is 14.7 Å². The average molecular weight is 288 g/mol. The zero-order valence-corrected chi connectivity index (χ0v) is 10.8. The Bertz CT molecular complexity index is 794. The molecule has 3 rings (SSSR count). The molecular formula is C12H8N4O3S. The molecule has 7 nitrogen and oxygen atoms in total. The first-order valence-corrected chi connectivity index (χ1v) is 6.40. The number of nitrogens with one attached hydrogen (secondary N) is 2. The molecule has 0 fully saturated rings. The third-order valence-electron chi connectivity index (χ3n) is 2.60. The van der Waals surface area contributed by atoms with Crippen LogP contribution in [0.4, 0.5) is 5.13 Å². The predicted molar refractivity (Wildman–Crippen MR) is 73.1 cm³/mol. The topological polar surface area (TPSA) is 108 Å². The third-order valence-corrected chi connectivity index (χ3v) is 3.53. The summed E-state index contributed by atoms with van der Waals surface area (Å²) in [4.78, 5) is 26.9. The molecule has 0 saturated heterocycles. The Kier molecular flexibility index (Phi) is 2.92. The summed E-state index contributed by atoms with van der Waals surface area (Å²) >= 11 is 1.21. The Balaban J connectivity index is 1.89. The van der Waals surface area contributed by atoms with E-state index in [9.17, 15) is 9.59 Å². The second-order valence-corrected chi connectivity index (χ2v) is 4.96. The van der Waals surface area contributed by atoms with Gasteiger partial charge in [-0.3, -0.25) is 15.2 Å². The number of anilines is 1. The van der Waals surface area contributed by atoms with Crippen molar-refractivity contribution in [2.24, 2.45) is 0 Å².